The SMILES string of the molecule is CCOCCOCCCC(=O)CCCCCCCCCCCCCCCCCCC(=O)O. The van der Waals surface area contributed by atoms with Gasteiger partial charge in [0, 0.05) is 32.5 Å². The van der Waals surface area contributed by atoms with E-state index in [4.69, 9.17) is 14.6 Å². The van der Waals surface area contributed by atoms with Crippen LogP contribution >= 0.6 is 0 Å². The molecular weight excluding hydrogens is 404 g/mol. The Morgan fingerprint density at radius 1 is 0.500 bits per heavy atom. The maximum absolute atomic E-state index is 11.9. The van der Waals surface area contributed by atoms with Gasteiger partial charge in [-0.3, -0.25) is 9.59 Å². The second kappa shape index (κ2) is 26.3. The van der Waals surface area contributed by atoms with Crippen molar-refractivity contribution in [3.8, 4) is 0 Å². The van der Waals surface area contributed by atoms with Gasteiger partial charge >= 0.3 is 5.97 Å². The molecule has 0 radical (unpaired) electrons. The first-order valence-corrected chi connectivity index (χ1v) is 13.6. The molecule has 0 aliphatic rings. The van der Waals surface area contributed by atoms with E-state index < -0.39 is 5.97 Å². The van der Waals surface area contributed by atoms with E-state index in [9.17, 15) is 9.59 Å². The molecule has 0 aromatic heterocycles. The Labute approximate surface area is 198 Å². The van der Waals surface area contributed by atoms with Crippen molar-refractivity contribution in [1.29, 1.82) is 0 Å². The molecule has 0 atom stereocenters. The van der Waals surface area contributed by atoms with Crippen LogP contribution < -0.4 is 0 Å². The van der Waals surface area contributed by atoms with E-state index in [2.05, 4.69) is 0 Å². The van der Waals surface area contributed by atoms with Crippen LogP contribution in [0.2, 0.25) is 0 Å². The van der Waals surface area contributed by atoms with Gasteiger partial charge in [0.05, 0.1) is 13.2 Å². The first-order chi connectivity index (χ1) is 15.7. The topological polar surface area (TPSA) is 72.8 Å². The van der Waals surface area contributed by atoms with Gasteiger partial charge in [0.2, 0.25) is 0 Å². The monoisotopic (exact) mass is 456 g/mol. The lowest BCUT2D eigenvalue weighted by molar-refractivity contribution is -0.137. The Hall–Kier alpha value is -0.940. The van der Waals surface area contributed by atoms with Gasteiger partial charge in [0.1, 0.15) is 5.78 Å². The van der Waals surface area contributed by atoms with Crippen LogP contribution in [0.3, 0.4) is 0 Å². The predicted molar refractivity (Wildman–Crippen MR) is 132 cm³/mol. The molecule has 0 rings (SSSR count). The molecule has 0 aliphatic heterocycles. The normalized spacial score (nSPS) is 11.2. The molecule has 0 heterocycles. The number of carboxylic acid groups (broad SMARTS) is 1. The van der Waals surface area contributed by atoms with Gasteiger partial charge in [-0.2, -0.15) is 0 Å². The van der Waals surface area contributed by atoms with Gasteiger partial charge in [-0.25, -0.2) is 0 Å². The van der Waals surface area contributed by atoms with Gasteiger partial charge in [-0.15, -0.1) is 0 Å². The molecule has 5 nitrogen and oxygen atoms in total. The van der Waals surface area contributed by atoms with Crippen molar-refractivity contribution in [2.45, 2.75) is 135 Å². The first-order valence-electron chi connectivity index (χ1n) is 13.6. The highest BCUT2D eigenvalue weighted by Crippen LogP contribution is 2.14. The average molecular weight is 457 g/mol. The summed E-state index contributed by atoms with van der Waals surface area (Å²) in [7, 11) is 0. The van der Waals surface area contributed by atoms with Crippen molar-refractivity contribution < 1.29 is 24.2 Å². The highest BCUT2D eigenvalue weighted by Gasteiger charge is 2.02. The summed E-state index contributed by atoms with van der Waals surface area (Å²) in [5, 5.41) is 8.59. The summed E-state index contributed by atoms with van der Waals surface area (Å²) in [6.07, 6.45) is 22.5. The standard InChI is InChI=1S/C27H52O5/c1-2-31-24-25-32-23-19-21-26(28)20-17-15-13-11-9-7-5-3-4-6-8-10-12-14-16-18-22-27(29)30/h2-25H2,1H3,(H,29,30). The van der Waals surface area contributed by atoms with Crippen LogP contribution in [0.25, 0.3) is 0 Å². The quantitative estimate of drug-likeness (QED) is 0.130. The van der Waals surface area contributed by atoms with E-state index >= 15 is 0 Å². The highest BCUT2D eigenvalue weighted by atomic mass is 16.5. The molecular formula is C27H52O5. The van der Waals surface area contributed by atoms with E-state index in [0.717, 1.165) is 38.7 Å². The summed E-state index contributed by atoms with van der Waals surface area (Å²) in [5.74, 6) is -0.282. The predicted octanol–water partition coefficient (Wildman–Crippen LogP) is 7.50. The van der Waals surface area contributed by atoms with Gasteiger partial charge in [0.15, 0.2) is 0 Å². The zero-order chi connectivity index (χ0) is 23.5. The van der Waals surface area contributed by atoms with Crippen molar-refractivity contribution >= 4 is 11.8 Å². The maximum Gasteiger partial charge on any atom is 0.303 e. The number of aliphatic carboxylic acids is 1. The third-order valence-corrected chi connectivity index (χ3v) is 5.92. The van der Waals surface area contributed by atoms with E-state index in [-0.39, 0.29) is 0 Å². The molecule has 0 bridgehead atoms. The summed E-state index contributed by atoms with van der Waals surface area (Å²) in [5.41, 5.74) is 0. The zero-order valence-electron chi connectivity index (χ0n) is 21.1. The van der Waals surface area contributed by atoms with Crippen LogP contribution in [-0.2, 0) is 19.1 Å². The Morgan fingerprint density at radius 2 is 0.875 bits per heavy atom. The third-order valence-electron chi connectivity index (χ3n) is 5.92. The summed E-state index contributed by atoms with van der Waals surface area (Å²) < 4.78 is 10.6. The molecule has 0 aromatic carbocycles. The third kappa shape index (κ3) is 27.1. The summed E-state index contributed by atoms with van der Waals surface area (Å²) in [6.45, 7) is 4.63. The number of carbonyl (C=O) groups excluding carboxylic acids is 1. The van der Waals surface area contributed by atoms with Crippen molar-refractivity contribution in [2.75, 3.05) is 26.4 Å². The summed E-state index contributed by atoms with van der Waals surface area (Å²) in [6, 6.07) is 0. The van der Waals surface area contributed by atoms with Gasteiger partial charge < -0.3 is 14.6 Å². The molecule has 190 valence electrons. The number of Topliss-reactive ketones (excluding diaryl/α,β-unsaturated/α-hetero) is 1. The number of hydrogen-bond donors (Lipinski definition) is 1. The molecule has 5 heteroatoms. The van der Waals surface area contributed by atoms with Crippen LogP contribution in [0.1, 0.15) is 135 Å². The number of carboxylic acids is 1. The fourth-order valence-corrected chi connectivity index (χ4v) is 3.93. The minimum Gasteiger partial charge on any atom is -0.481 e. The molecule has 0 unspecified atom stereocenters. The molecule has 0 aromatic rings. The van der Waals surface area contributed by atoms with Crippen molar-refractivity contribution in [3.63, 3.8) is 0 Å². The molecule has 1 N–H and O–H groups in total. The Morgan fingerprint density at radius 3 is 1.31 bits per heavy atom. The van der Waals surface area contributed by atoms with Crippen molar-refractivity contribution in [2.24, 2.45) is 0 Å². The molecule has 32 heavy (non-hydrogen) atoms. The maximum atomic E-state index is 11.9. The number of carbonyl (C=O) groups is 2. The molecule has 0 saturated carbocycles. The van der Waals surface area contributed by atoms with Crippen LogP contribution in [0, 0.1) is 0 Å². The van der Waals surface area contributed by atoms with E-state index in [1.54, 1.807) is 0 Å². The van der Waals surface area contributed by atoms with E-state index in [1.165, 1.54) is 83.5 Å². The van der Waals surface area contributed by atoms with Gasteiger partial charge in [0.25, 0.3) is 0 Å². The smallest absolute Gasteiger partial charge is 0.303 e. The minimum atomic E-state index is -0.667. The summed E-state index contributed by atoms with van der Waals surface area (Å²) >= 11 is 0. The molecule has 0 amide bonds. The number of rotatable bonds is 27. The minimum absolute atomic E-state index is 0.326. The number of hydrogen-bond acceptors (Lipinski definition) is 4. The largest absolute Gasteiger partial charge is 0.481 e. The van der Waals surface area contributed by atoms with Crippen molar-refractivity contribution in [3.05, 3.63) is 0 Å². The second-order valence-electron chi connectivity index (χ2n) is 9.00. The van der Waals surface area contributed by atoms with Crippen LogP contribution in [0.5, 0.6) is 0 Å². The Kier molecular flexibility index (Phi) is 25.5. The highest BCUT2D eigenvalue weighted by molar-refractivity contribution is 5.78. The van der Waals surface area contributed by atoms with Gasteiger partial charge in [-0.1, -0.05) is 89.9 Å². The molecule has 0 saturated heterocycles. The van der Waals surface area contributed by atoms with Crippen LogP contribution in [-0.4, -0.2) is 43.3 Å². The lowest BCUT2D eigenvalue weighted by Gasteiger charge is -2.05. The van der Waals surface area contributed by atoms with Crippen LogP contribution in [0.15, 0.2) is 0 Å². The first kappa shape index (κ1) is 31.1. The fraction of sp³-hybridized carbons (Fsp3) is 0.926. The number of ketones is 1. The fourth-order valence-electron chi connectivity index (χ4n) is 3.93. The second-order valence-corrected chi connectivity index (χ2v) is 9.00. The lowest BCUT2D eigenvalue weighted by atomic mass is 10.0. The molecule has 0 spiro atoms. The zero-order valence-corrected chi connectivity index (χ0v) is 21.1. The van der Waals surface area contributed by atoms with E-state index in [0.29, 0.717) is 38.4 Å². The molecule has 0 fully saturated rings. The lowest BCUT2D eigenvalue weighted by Crippen LogP contribution is -2.06. The number of ether oxygens (including phenoxy) is 2. The number of unbranched alkanes of at least 4 members (excludes halogenated alkanes) is 15. The van der Waals surface area contributed by atoms with Gasteiger partial charge in [-0.05, 0) is 26.2 Å². The van der Waals surface area contributed by atoms with E-state index in [1.807, 2.05) is 6.92 Å². The summed E-state index contributed by atoms with van der Waals surface area (Å²) in [4.78, 5) is 22.3. The molecule has 0 aliphatic carbocycles. The Bertz CT molecular complexity index is 411. The van der Waals surface area contributed by atoms with Crippen molar-refractivity contribution in [1.82, 2.24) is 0 Å². The Balaban J connectivity index is 3.12. The average Bonchev–Trinajstić information content (AvgIpc) is 2.77. The van der Waals surface area contributed by atoms with Crippen LogP contribution in [0.4, 0.5) is 0 Å².